The molecular formula is C13H26O3. The van der Waals surface area contributed by atoms with Crippen molar-refractivity contribution < 1.29 is 14.6 Å². The molecule has 0 aliphatic rings. The molecule has 0 bridgehead atoms. The molecule has 16 heavy (non-hydrogen) atoms. The van der Waals surface area contributed by atoms with Crippen molar-refractivity contribution in [1.29, 1.82) is 0 Å². The minimum absolute atomic E-state index is 0.0206. The highest BCUT2D eigenvalue weighted by Gasteiger charge is 2.29. The molecule has 0 saturated heterocycles. The van der Waals surface area contributed by atoms with Gasteiger partial charge in [0, 0.05) is 5.92 Å². The summed E-state index contributed by atoms with van der Waals surface area (Å²) in [5.74, 6) is -0.104. The van der Waals surface area contributed by atoms with Crippen molar-refractivity contribution in [3.8, 4) is 0 Å². The second-order valence-electron chi connectivity index (χ2n) is 5.13. The quantitative estimate of drug-likeness (QED) is 0.713. The lowest BCUT2D eigenvalue weighted by Gasteiger charge is -2.30. The van der Waals surface area contributed by atoms with Crippen molar-refractivity contribution in [2.75, 3.05) is 0 Å². The molecule has 0 aromatic heterocycles. The SMILES string of the molecule is CC[C@@H](O)[C@H](C)[C@H](OC(=O)C(C)C)C(C)C. The molecule has 0 amide bonds. The molecular weight excluding hydrogens is 204 g/mol. The standard InChI is InChI=1S/C13H26O3/c1-7-11(14)10(6)12(8(2)3)16-13(15)9(4)5/h8-12,14H,7H2,1-6H3/t10-,11+,12+/m0/s1. The van der Waals surface area contributed by atoms with E-state index in [0.29, 0.717) is 6.42 Å². The Labute approximate surface area is 99.2 Å². The molecule has 0 aliphatic heterocycles. The minimum atomic E-state index is -0.410. The highest BCUT2D eigenvalue weighted by Crippen LogP contribution is 2.22. The number of rotatable bonds is 6. The van der Waals surface area contributed by atoms with Crippen LogP contribution in [0.3, 0.4) is 0 Å². The van der Waals surface area contributed by atoms with Crippen LogP contribution < -0.4 is 0 Å². The minimum Gasteiger partial charge on any atom is -0.462 e. The first kappa shape index (κ1) is 15.4. The van der Waals surface area contributed by atoms with Gasteiger partial charge in [0.05, 0.1) is 12.0 Å². The molecule has 0 saturated carbocycles. The summed E-state index contributed by atoms with van der Waals surface area (Å²) in [6.07, 6.45) is 0.0705. The zero-order valence-corrected chi connectivity index (χ0v) is 11.4. The predicted octanol–water partition coefficient (Wildman–Crippen LogP) is 2.62. The smallest absolute Gasteiger partial charge is 0.308 e. The molecule has 3 nitrogen and oxygen atoms in total. The van der Waals surface area contributed by atoms with Crippen LogP contribution in [0.1, 0.15) is 48.0 Å². The lowest BCUT2D eigenvalue weighted by molar-refractivity contribution is -0.161. The van der Waals surface area contributed by atoms with Gasteiger partial charge < -0.3 is 9.84 Å². The molecule has 0 aromatic rings. The number of hydrogen-bond acceptors (Lipinski definition) is 3. The molecule has 3 heteroatoms. The van der Waals surface area contributed by atoms with E-state index in [9.17, 15) is 9.90 Å². The van der Waals surface area contributed by atoms with E-state index in [1.807, 2.05) is 41.5 Å². The molecule has 1 N–H and O–H groups in total. The summed E-state index contributed by atoms with van der Waals surface area (Å²) in [5.41, 5.74) is 0. The molecule has 0 spiro atoms. The van der Waals surface area contributed by atoms with E-state index in [0.717, 1.165) is 0 Å². The first-order valence-electron chi connectivity index (χ1n) is 6.19. The summed E-state index contributed by atoms with van der Waals surface area (Å²) < 4.78 is 5.46. The van der Waals surface area contributed by atoms with Crippen LogP contribution >= 0.6 is 0 Å². The van der Waals surface area contributed by atoms with Crippen molar-refractivity contribution in [1.82, 2.24) is 0 Å². The van der Waals surface area contributed by atoms with Crippen molar-refractivity contribution in [3.63, 3.8) is 0 Å². The lowest BCUT2D eigenvalue weighted by atomic mass is 9.89. The molecule has 0 rings (SSSR count). The van der Waals surface area contributed by atoms with Crippen LogP contribution in [0.25, 0.3) is 0 Å². The number of hydrogen-bond donors (Lipinski definition) is 1. The summed E-state index contributed by atoms with van der Waals surface area (Å²) in [7, 11) is 0. The molecule has 96 valence electrons. The summed E-state index contributed by atoms with van der Waals surface area (Å²) in [6, 6.07) is 0. The fourth-order valence-corrected chi connectivity index (χ4v) is 1.71. The van der Waals surface area contributed by atoms with Crippen LogP contribution in [-0.2, 0) is 9.53 Å². The molecule has 0 heterocycles. The Morgan fingerprint density at radius 3 is 2.00 bits per heavy atom. The van der Waals surface area contributed by atoms with E-state index in [-0.39, 0.29) is 29.8 Å². The van der Waals surface area contributed by atoms with E-state index in [1.54, 1.807) is 0 Å². The van der Waals surface area contributed by atoms with Gasteiger partial charge >= 0.3 is 5.97 Å². The number of carbonyl (C=O) groups is 1. The second kappa shape index (κ2) is 6.89. The molecule has 0 aromatic carbocycles. The Bertz CT molecular complexity index is 211. The zero-order valence-electron chi connectivity index (χ0n) is 11.4. The molecule has 0 fully saturated rings. The highest BCUT2D eigenvalue weighted by molar-refractivity contribution is 5.71. The monoisotopic (exact) mass is 230 g/mol. The molecule has 0 aliphatic carbocycles. The van der Waals surface area contributed by atoms with Gasteiger partial charge in [-0.1, -0.05) is 41.5 Å². The highest BCUT2D eigenvalue weighted by atomic mass is 16.5. The Morgan fingerprint density at radius 1 is 1.19 bits per heavy atom. The van der Waals surface area contributed by atoms with E-state index in [2.05, 4.69) is 0 Å². The third kappa shape index (κ3) is 4.52. The van der Waals surface area contributed by atoms with Gasteiger partial charge in [-0.2, -0.15) is 0 Å². The second-order valence-corrected chi connectivity index (χ2v) is 5.13. The third-order valence-electron chi connectivity index (χ3n) is 2.92. The van der Waals surface area contributed by atoms with Crippen molar-refractivity contribution in [2.45, 2.75) is 60.2 Å². The average molecular weight is 230 g/mol. The van der Waals surface area contributed by atoms with Gasteiger partial charge in [-0.25, -0.2) is 0 Å². The number of aliphatic hydroxyl groups is 1. The summed E-state index contributed by atoms with van der Waals surface area (Å²) in [6.45, 7) is 11.5. The maximum absolute atomic E-state index is 11.6. The lowest BCUT2D eigenvalue weighted by Crippen LogP contribution is -2.37. The molecule has 3 atom stereocenters. The van der Waals surface area contributed by atoms with Gasteiger partial charge in [0.15, 0.2) is 0 Å². The van der Waals surface area contributed by atoms with Crippen LogP contribution in [0.2, 0.25) is 0 Å². The van der Waals surface area contributed by atoms with Gasteiger partial charge in [-0.3, -0.25) is 4.79 Å². The van der Waals surface area contributed by atoms with Crippen LogP contribution in [0, 0.1) is 17.8 Å². The van der Waals surface area contributed by atoms with E-state index >= 15 is 0 Å². The predicted molar refractivity (Wildman–Crippen MR) is 65.0 cm³/mol. The van der Waals surface area contributed by atoms with Crippen LogP contribution in [0.15, 0.2) is 0 Å². The molecule has 0 unspecified atom stereocenters. The van der Waals surface area contributed by atoms with Crippen LogP contribution in [-0.4, -0.2) is 23.3 Å². The van der Waals surface area contributed by atoms with Gasteiger partial charge in [-0.05, 0) is 12.3 Å². The summed E-state index contributed by atoms with van der Waals surface area (Å²) >= 11 is 0. The van der Waals surface area contributed by atoms with Gasteiger partial charge in [0.2, 0.25) is 0 Å². The largest absolute Gasteiger partial charge is 0.462 e. The Balaban J connectivity index is 4.55. The maximum atomic E-state index is 11.6. The number of carbonyl (C=O) groups excluding carboxylic acids is 1. The van der Waals surface area contributed by atoms with Gasteiger partial charge in [-0.15, -0.1) is 0 Å². The fraction of sp³-hybridized carbons (Fsp3) is 0.923. The summed E-state index contributed by atoms with van der Waals surface area (Å²) in [4.78, 5) is 11.6. The normalized spacial score (nSPS) is 17.3. The third-order valence-corrected chi connectivity index (χ3v) is 2.92. The van der Waals surface area contributed by atoms with Crippen LogP contribution in [0.5, 0.6) is 0 Å². The van der Waals surface area contributed by atoms with Gasteiger partial charge in [0.25, 0.3) is 0 Å². The van der Waals surface area contributed by atoms with Crippen molar-refractivity contribution in [3.05, 3.63) is 0 Å². The Morgan fingerprint density at radius 2 is 1.69 bits per heavy atom. The first-order chi connectivity index (χ1) is 7.31. The topological polar surface area (TPSA) is 46.5 Å². The van der Waals surface area contributed by atoms with E-state index in [1.165, 1.54) is 0 Å². The van der Waals surface area contributed by atoms with E-state index in [4.69, 9.17) is 4.74 Å². The number of esters is 1. The van der Waals surface area contributed by atoms with Crippen LogP contribution in [0.4, 0.5) is 0 Å². The van der Waals surface area contributed by atoms with Crippen molar-refractivity contribution >= 4 is 5.97 Å². The number of aliphatic hydroxyl groups excluding tert-OH is 1. The Hall–Kier alpha value is -0.570. The maximum Gasteiger partial charge on any atom is 0.308 e. The van der Waals surface area contributed by atoms with Gasteiger partial charge in [0.1, 0.15) is 6.10 Å². The average Bonchev–Trinajstić information content (AvgIpc) is 2.22. The van der Waals surface area contributed by atoms with Crippen molar-refractivity contribution in [2.24, 2.45) is 17.8 Å². The summed E-state index contributed by atoms with van der Waals surface area (Å²) in [5, 5.41) is 9.81. The first-order valence-corrected chi connectivity index (χ1v) is 6.19. The zero-order chi connectivity index (χ0) is 12.9. The Kier molecular flexibility index (Phi) is 6.65. The van der Waals surface area contributed by atoms with E-state index < -0.39 is 6.10 Å². The molecule has 0 radical (unpaired) electrons. The fourth-order valence-electron chi connectivity index (χ4n) is 1.71. The number of ether oxygens (including phenoxy) is 1.